The number of rotatable bonds is 11. The highest BCUT2D eigenvalue weighted by atomic mass is 17.3. The highest BCUT2D eigenvalue weighted by Gasteiger charge is 2.37. The van der Waals surface area contributed by atoms with Crippen molar-refractivity contribution in [2.24, 2.45) is 5.41 Å². The summed E-state index contributed by atoms with van der Waals surface area (Å²) in [6, 6.07) is 14.2. The molecule has 0 aliphatic rings. The van der Waals surface area contributed by atoms with E-state index >= 15 is 0 Å². The van der Waals surface area contributed by atoms with Crippen molar-refractivity contribution in [2.75, 3.05) is 0 Å². The molecule has 0 amide bonds. The zero-order chi connectivity index (χ0) is 22.9. The monoisotopic (exact) mass is 428 g/mol. The maximum absolute atomic E-state index is 12.4. The first-order chi connectivity index (χ1) is 14.9. The Kier molecular flexibility index (Phi) is 9.21. The summed E-state index contributed by atoms with van der Waals surface area (Å²) in [6.45, 7) is 9.90. The molecule has 0 aliphatic heterocycles. The molecule has 0 bridgehead atoms. The van der Waals surface area contributed by atoms with E-state index in [1.165, 1.54) is 0 Å². The summed E-state index contributed by atoms with van der Waals surface area (Å²) >= 11 is 0. The molecule has 0 aliphatic carbocycles. The average molecular weight is 429 g/mol. The molecule has 0 atom stereocenters. The van der Waals surface area contributed by atoms with Crippen LogP contribution in [0.5, 0.6) is 0 Å². The molecule has 31 heavy (non-hydrogen) atoms. The second-order valence-corrected chi connectivity index (χ2v) is 7.73. The molecule has 0 saturated carbocycles. The van der Waals surface area contributed by atoms with E-state index in [0.29, 0.717) is 24.0 Å². The summed E-state index contributed by atoms with van der Waals surface area (Å²) in [5.74, 6) is -1.29. The van der Waals surface area contributed by atoms with Crippen LogP contribution in [0.1, 0.15) is 79.3 Å². The molecule has 0 heterocycles. The Hall–Kier alpha value is -2.70. The number of hydrogen-bond donors (Lipinski definition) is 0. The van der Waals surface area contributed by atoms with Gasteiger partial charge < -0.3 is 0 Å². The molecular weight excluding hydrogens is 396 g/mol. The van der Waals surface area contributed by atoms with Gasteiger partial charge in [-0.25, -0.2) is 9.59 Å². The SMILES string of the molecule is CCc1ccc(C(=O)OOC(OOC(=O)c2ccc(CC)cc2)C(C)(CC)CC)cc1. The van der Waals surface area contributed by atoms with Crippen molar-refractivity contribution < 1.29 is 29.1 Å². The number of benzene rings is 2. The summed E-state index contributed by atoms with van der Waals surface area (Å²) in [5.41, 5.74) is 2.40. The van der Waals surface area contributed by atoms with Gasteiger partial charge in [0, 0.05) is 5.41 Å². The fraction of sp³-hybridized carbons (Fsp3) is 0.440. The van der Waals surface area contributed by atoms with E-state index in [1.54, 1.807) is 24.3 Å². The Morgan fingerprint density at radius 1 is 0.710 bits per heavy atom. The van der Waals surface area contributed by atoms with Gasteiger partial charge in [0.15, 0.2) is 0 Å². The van der Waals surface area contributed by atoms with E-state index in [4.69, 9.17) is 19.6 Å². The van der Waals surface area contributed by atoms with Crippen molar-refractivity contribution in [3.8, 4) is 0 Å². The fourth-order valence-corrected chi connectivity index (χ4v) is 2.86. The van der Waals surface area contributed by atoms with Crippen molar-refractivity contribution in [3.63, 3.8) is 0 Å². The van der Waals surface area contributed by atoms with Crippen LogP contribution >= 0.6 is 0 Å². The molecular formula is C25H32O6. The van der Waals surface area contributed by atoms with E-state index < -0.39 is 23.6 Å². The van der Waals surface area contributed by atoms with Gasteiger partial charge in [0.2, 0.25) is 0 Å². The molecule has 0 spiro atoms. The smallest absolute Gasteiger partial charge is 0.290 e. The zero-order valence-corrected chi connectivity index (χ0v) is 19.0. The maximum atomic E-state index is 12.4. The largest absolute Gasteiger partial charge is 0.373 e. The van der Waals surface area contributed by atoms with Crippen LogP contribution in [0, 0.1) is 5.41 Å². The van der Waals surface area contributed by atoms with Gasteiger partial charge >= 0.3 is 11.9 Å². The van der Waals surface area contributed by atoms with Gasteiger partial charge in [-0.15, -0.1) is 9.78 Å². The van der Waals surface area contributed by atoms with E-state index in [2.05, 4.69) is 0 Å². The molecule has 0 aromatic heterocycles. The third-order valence-corrected chi connectivity index (χ3v) is 5.80. The third-order valence-electron chi connectivity index (χ3n) is 5.80. The van der Waals surface area contributed by atoms with E-state index in [9.17, 15) is 9.59 Å². The van der Waals surface area contributed by atoms with Crippen LogP contribution in [0.2, 0.25) is 0 Å². The summed E-state index contributed by atoms with van der Waals surface area (Å²) in [7, 11) is 0. The van der Waals surface area contributed by atoms with Crippen molar-refractivity contribution >= 4 is 11.9 Å². The first kappa shape index (κ1) is 24.6. The van der Waals surface area contributed by atoms with Gasteiger partial charge in [-0.05, 0) is 61.1 Å². The van der Waals surface area contributed by atoms with Crippen LogP contribution in [-0.2, 0) is 32.4 Å². The number of hydrogen-bond acceptors (Lipinski definition) is 6. The third kappa shape index (κ3) is 6.64. The predicted octanol–water partition coefficient (Wildman–Crippen LogP) is 5.84. The second-order valence-electron chi connectivity index (χ2n) is 7.73. The minimum atomic E-state index is -1.08. The zero-order valence-electron chi connectivity index (χ0n) is 19.0. The Bertz CT molecular complexity index is 774. The quantitative estimate of drug-likeness (QED) is 0.254. The summed E-state index contributed by atoms with van der Waals surface area (Å²) in [6.07, 6.45) is 1.97. The molecule has 2 aromatic carbocycles. The fourth-order valence-electron chi connectivity index (χ4n) is 2.86. The molecule has 2 rings (SSSR count). The summed E-state index contributed by atoms with van der Waals surface area (Å²) < 4.78 is 0. The topological polar surface area (TPSA) is 71.1 Å². The number of carbonyl (C=O) groups is 2. The van der Waals surface area contributed by atoms with Gasteiger partial charge in [0.25, 0.3) is 6.29 Å². The Labute approximate surface area is 184 Å². The minimum Gasteiger partial charge on any atom is -0.290 e. The molecule has 6 heteroatoms. The highest BCUT2D eigenvalue weighted by Crippen LogP contribution is 2.33. The molecule has 6 nitrogen and oxygen atoms in total. The van der Waals surface area contributed by atoms with Crippen LogP contribution < -0.4 is 0 Å². The summed E-state index contributed by atoms with van der Waals surface area (Å²) in [4.78, 5) is 45.4. The van der Waals surface area contributed by atoms with Crippen LogP contribution in [-0.4, -0.2) is 18.2 Å². The van der Waals surface area contributed by atoms with Gasteiger partial charge in [0.1, 0.15) is 0 Å². The molecule has 0 unspecified atom stereocenters. The molecule has 2 aromatic rings. The molecule has 168 valence electrons. The normalized spacial score (nSPS) is 11.4. The van der Waals surface area contributed by atoms with Gasteiger partial charge in [0.05, 0.1) is 11.1 Å². The van der Waals surface area contributed by atoms with Gasteiger partial charge in [-0.2, -0.15) is 0 Å². The Morgan fingerprint density at radius 2 is 1.06 bits per heavy atom. The van der Waals surface area contributed by atoms with Crippen molar-refractivity contribution in [1.82, 2.24) is 0 Å². The second kappa shape index (κ2) is 11.6. The maximum Gasteiger partial charge on any atom is 0.373 e. The molecule has 0 fully saturated rings. The van der Waals surface area contributed by atoms with Crippen LogP contribution in [0.3, 0.4) is 0 Å². The van der Waals surface area contributed by atoms with Crippen LogP contribution in [0.15, 0.2) is 48.5 Å². The first-order valence-corrected chi connectivity index (χ1v) is 10.8. The lowest BCUT2D eigenvalue weighted by Crippen LogP contribution is -2.37. The lowest BCUT2D eigenvalue weighted by atomic mass is 9.84. The van der Waals surface area contributed by atoms with E-state index in [-0.39, 0.29) is 0 Å². The average Bonchev–Trinajstić information content (AvgIpc) is 2.83. The predicted molar refractivity (Wildman–Crippen MR) is 117 cm³/mol. The van der Waals surface area contributed by atoms with Crippen molar-refractivity contribution in [2.45, 2.75) is 66.6 Å². The van der Waals surface area contributed by atoms with Crippen LogP contribution in [0.4, 0.5) is 0 Å². The lowest BCUT2D eigenvalue weighted by Gasteiger charge is -2.32. The van der Waals surface area contributed by atoms with Crippen molar-refractivity contribution in [1.29, 1.82) is 0 Å². The Balaban J connectivity index is 2.04. The van der Waals surface area contributed by atoms with E-state index in [1.807, 2.05) is 58.9 Å². The lowest BCUT2D eigenvalue weighted by molar-refractivity contribution is -0.445. The van der Waals surface area contributed by atoms with Crippen LogP contribution in [0.25, 0.3) is 0 Å². The van der Waals surface area contributed by atoms with Gasteiger partial charge in [-0.1, -0.05) is 58.9 Å². The minimum absolute atomic E-state index is 0.360. The highest BCUT2D eigenvalue weighted by molar-refractivity contribution is 5.89. The number of aryl methyl sites for hydroxylation is 2. The number of carbonyl (C=O) groups excluding carboxylic acids is 2. The van der Waals surface area contributed by atoms with E-state index in [0.717, 1.165) is 24.0 Å². The molecule has 0 saturated heterocycles. The Morgan fingerprint density at radius 3 is 1.35 bits per heavy atom. The molecule has 0 radical (unpaired) electrons. The first-order valence-electron chi connectivity index (χ1n) is 10.8. The summed E-state index contributed by atoms with van der Waals surface area (Å²) in [5, 5.41) is 0. The van der Waals surface area contributed by atoms with Crippen molar-refractivity contribution in [3.05, 3.63) is 70.8 Å². The standard InChI is InChI=1S/C25H32O6/c1-6-18-10-14-20(15-11-18)22(26)28-30-24(25(5,8-3)9-4)31-29-23(27)21-16-12-19(7-2)13-17-21/h10-17,24H,6-9H2,1-5H3. The molecule has 0 N–H and O–H groups in total. The van der Waals surface area contributed by atoms with Gasteiger partial charge in [-0.3, -0.25) is 9.78 Å².